The highest BCUT2D eigenvalue weighted by Crippen LogP contribution is 2.41. The van der Waals surface area contributed by atoms with Crippen molar-refractivity contribution in [1.82, 2.24) is 19.8 Å². The van der Waals surface area contributed by atoms with Crippen molar-refractivity contribution in [2.45, 2.75) is 77.7 Å². The molecule has 2 aromatic rings. The van der Waals surface area contributed by atoms with Crippen molar-refractivity contribution in [3.05, 3.63) is 34.1 Å². The van der Waals surface area contributed by atoms with Crippen LogP contribution >= 0.6 is 11.6 Å². The molecule has 2 N–H and O–H groups in total. The Bertz CT molecular complexity index is 1170. The van der Waals surface area contributed by atoms with Crippen LogP contribution in [0.15, 0.2) is 12.1 Å². The van der Waals surface area contributed by atoms with Crippen molar-refractivity contribution < 1.29 is 19.5 Å². The second-order valence-corrected chi connectivity index (χ2v) is 11.3. The molecular formula is C28H39ClN4O4. The van der Waals surface area contributed by atoms with E-state index in [9.17, 15) is 19.5 Å². The molecule has 0 radical (unpaired) electrons. The summed E-state index contributed by atoms with van der Waals surface area (Å²) in [4.78, 5) is 41.1. The van der Waals surface area contributed by atoms with Crippen LogP contribution in [-0.4, -0.2) is 63.5 Å². The van der Waals surface area contributed by atoms with Gasteiger partial charge in [0.1, 0.15) is 5.69 Å². The molecule has 2 unspecified atom stereocenters. The standard InChI is InChI=1S/C28H39ClN4O4/c1-5-12-32(15-24(35)17(3)16(2)18-8-10-21(34)11-9-18)28(37)26-25(29)22-13-20(19-6-7-19)14-23(27(36)30-4)33(22)31-26/h13-14,16-19,21,34H,5-12,15H2,1-4H3,(H,30,36). The van der Waals surface area contributed by atoms with Gasteiger partial charge in [-0.3, -0.25) is 14.4 Å². The molecule has 2 aromatic heterocycles. The predicted octanol–water partition coefficient (Wildman–Crippen LogP) is 4.47. The fraction of sp³-hybridized carbons (Fsp3) is 0.643. The van der Waals surface area contributed by atoms with Gasteiger partial charge in [0.25, 0.3) is 11.8 Å². The molecule has 0 bridgehead atoms. The van der Waals surface area contributed by atoms with Gasteiger partial charge in [-0.05, 0) is 80.4 Å². The van der Waals surface area contributed by atoms with Gasteiger partial charge in [0, 0.05) is 19.5 Å². The zero-order chi connectivity index (χ0) is 26.9. The minimum absolute atomic E-state index is 0.00659. The van der Waals surface area contributed by atoms with Crippen molar-refractivity contribution >= 4 is 34.7 Å². The lowest BCUT2D eigenvalue weighted by Crippen LogP contribution is -2.40. The van der Waals surface area contributed by atoms with Crippen LogP contribution in [0.2, 0.25) is 5.02 Å². The molecule has 0 saturated heterocycles. The Morgan fingerprint density at radius 2 is 1.84 bits per heavy atom. The molecule has 2 heterocycles. The molecule has 0 aliphatic heterocycles. The van der Waals surface area contributed by atoms with Crippen LogP contribution < -0.4 is 5.32 Å². The number of pyridine rings is 1. The minimum Gasteiger partial charge on any atom is -0.393 e. The highest BCUT2D eigenvalue weighted by Gasteiger charge is 2.33. The monoisotopic (exact) mass is 530 g/mol. The van der Waals surface area contributed by atoms with E-state index in [2.05, 4.69) is 17.3 Å². The van der Waals surface area contributed by atoms with Gasteiger partial charge in [-0.2, -0.15) is 5.10 Å². The highest BCUT2D eigenvalue weighted by atomic mass is 35.5. The Labute approximate surface area is 223 Å². The van der Waals surface area contributed by atoms with Gasteiger partial charge in [0.2, 0.25) is 0 Å². The molecule has 37 heavy (non-hydrogen) atoms. The van der Waals surface area contributed by atoms with E-state index in [1.807, 2.05) is 26.0 Å². The molecule has 2 saturated carbocycles. The average Bonchev–Trinajstić information content (AvgIpc) is 3.70. The van der Waals surface area contributed by atoms with Crippen LogP contribution in [0.5, 0.6) is 0 Å². The summed E-state index contributed by atoms with van der Waals surface area (Å²) in [5, 5.41) is 17.1. The molecule has 9 heteroatoms. The lowest BCUT2D eigenvalue weighted by Gasteiger charge is -2.33. The lowest BCUT2D eigenvalue weighted by atomic mass is 9.74. The predicted molar refractivity (Wildman–Crippen MR) is 143 cm³/mol. The van der Waals surface area contributed by atoms with E-state index in [1.165, 1.54) is 9.42 Å². The maximum atomic E-state index is 13.7. The molecule has 2 aliphatic carbocycles. The van der Waals surface area contributed by atoms with E-state index >= 15 is 0 Å². The number of rotatable bonds is 10. The van der Waals surface area contributed by atoms with Crippen molar-refractivity contribution in [2.24, 2.45) is 17.8 Å². The number of nitrogens with zero attached hydrogens (tertiary/aromatic N) is 3. The van der Waals surface area contributed by atoms with Gasteiger partial charge >= 0.3 is 0 Å². The molecule has 2 atom stereocenters. The Kier molecular flexibility index (Phi) is 8.59. The van der Waals surface area contributed by atoms with Crippen LogP contribution in [0.4, 0.5) is 0 Å². The molecule has 2 amide bonds. The number of aromatic nitrogens is 2. The number of Topliss-reactive ketones (excluding diaryl/α,β-unsaturated/α-hetero) is 1. The molecule has 0 spiro atoms. The summed E-state index contributed by atoms with van der Waals surface area (Å²) in [6, 6.07) is 3.73. The summed E-state index contributed by atoms with van der Waals surface area (Å²) in [6.07, 6.45) is 5.98. The fourth-order valence-corrected chi connectivity index (χ4v) is 5.80. The van der Waals surface area contributed by atoms with Gasteiger partial charge in [0.15, 0.2) is 11.5 Å². The summed E-state index contributed by atoms with van der Waals surface area (Å²) < 4.78 is 1.44. The summed E-state index contributed by atoms with van der Waals surface area (Å²) in [7, 11) is 1.56. The lowest BCUT2D eigenvalue weighted by molar-refractivity contribution is -0.125. The molecule has 2 fully saturated rings. The Morgan fingerprint density at radius 1 is 1.16 bits per heavy atom. The van der Waals surface area contributed by atoms with E-state index in [1.54, 1.807) is 7.05 Å². The van der Waals surface area contributed by atoms with Crippen LogP contribution in [0.3, 0.4) is 0 Å². The van der Waals surface area contributed by atoms with Gasteiger partial charge in [-0.15, -0.1) is 0 Å². The summed E-state index contributed by atoms with van der Waals surface area (Å²) in [6.45, 7) is 6.41. The van der Waals surface area contributed by atoms with E-state index in [0.29, 0.717) is 36.0 Å². The maximum Gasteiger partial charge on any atom is 0.276 e. The zero-order valence-corrected chi connectivity index (χ0v) is 23.1. The van der Waals surface area contributed by atoms with E-state index in [0.717, 1.165) is 44.1 Å². The van der Waals surface area contributed by atoms with Gasteiger partial charge in [0.05, 0.1) is 23.2 Å². The number of halogens is 1. The van der Waals surface area contributed by atoms with Gasteiger partial charge in [-0.1, -0.05) is 32.4 Å². The average molecular weight is 531 g/mol. The third-order valence-electron chi connectivity index (χ3n) is 8.32. The molecule has 4 rings (SSSR count). The molecule has 2 aliphatic rings. The van der Waals surface area contributed by atoms with Crippen LogP contribution in [0, 0.1) is 17.8 Å². The number of hydrogen-bond acceptors (Lipinski definition) is 5. The van der Waals surface area contributed by atoms with Crippen LogP contribution in [0.25, 0.3) is 5.52 Å². The first-order valence-electron chi connectivity index (χ1n) is 13.6. The van der Waals surface area contributed by atoms with Crippen molar-refractivity contribution in [3.63, 3.8) is 0 Å². The summed E-state index contributed by atoms with van der Waals surface area (Å²) in [5.41, 5.74) is 1.94. The fourth-order valence-electron chi connectivity index (χ4n) is 5.55. The van der Waals surface area contributed by atoms with E-state index < -0.39 is 5.91 Å². The molecule has 0 aromatic carbocycles. The number of carbonyl (C=O) groups excluding carboxylic acids is 3. The topological polar surface area (TPSA) is 104 Å². The number of aliphatic hydroxyl groups excluding tert-OH is 1. The number of fused-ring (bicyclic) bond motifs is 1. The first kappa shape index (κ1) is 27.6. The second-order valence-electron chi connectivity index (χ2n) is 10.9. The number of ketones is 1. The number of carbonyl (C=O) groups is 3. The largest absolute Gasteiger partial charge is 0.393 e. The van der Waals surface area contributed by atoms with Crippen LogP contribution in [-0.2, 0) is 4.79 Å². The number of hydrogen-bond donors (Lipinski definition) is 2. The molecular weight excluding hydrogens is 492 g/mol. The normalized spacial score (nSPS) is 21.5. The molecule has 8 nitrogen and oxygen atoms in total. The van der Waals surface area contributed by atoms with Crippen molar-refractivity contribution in [2.75, 3.05) is 20.1 Å². The zero-order valence-electron chi connectivity index (χ0n) is 22.3. The van der Waals surface area contributed by atoms with Crippen LogP contribution in [0.1, 0.15) is 98.2 Å². The minimum atomic E-state index is -0.402. The highest BCUT2D eigenvalue weighted by molar-refractivity contribution is 6.37. The third kappa shape index (κ3) is 5.85. The SMILES string of the molecule is CCCN(CC(=O)C(C)C(C)C1CCC(O)CC1)C(=O)c1nn2c(C(=O)NC)cc(C3CC3)cc2c1Cl. The summed E-state index contributed by atoms with van der Waals surface area (Å²) in [5.74, 6) is 0.0725. The number of aliphatic hydroxyl groups is 1. The summed E-state index contributed by atoms with van der Waals surface area (Å²) >= 11 is 6.71. The van der Waals surface area contributed by atoms with Gasteiger partial charge < -0.3 is 15.3 Å². The Hall–Kier alpha value is -2.45. The first-order valence-corrected chi connectivity index (χ1v) is 14.0. The van der Waals surface area contributed by atoms with E-state index in [-0.39, 0.29) is 46.9 Å². The van der Waals surface area contributed by atoms with Crippen molar-refractivity contribution in [1.29, 1.82) is 0 Å². The van der Waals surface area contributed by atoms with Gasteiger partial charge in [-0.25, -0.2) is 4.52 Å². The molecule has 202 valence electrons. The first-order chi connectivity index (χ1) is 17.7. The van der Waals surface area contributed by atoms with Crippen molar-refractivity contribution in [3.8, 4) is 0 Å². The smallest absolute Gasteiger partial charge is 0.276 e. The number of nitrogens with one attached hydrogen (secondary N) is 1. The maximum absolute atomic E-state index is 13.7. The van der Waals surface area contributed by atoms with E-state index in [4.69, 9.17) is 11.6 Å². The third-order valence-corrected chi connectivity index (χ3v) is 8.69. The quantitative estimate of drug-likeness (QED) is 0.471. The number of amides is 2. The second kappa shape index (κ2) is 11.5. The Balaban J connectivity index is 1.57. The Morgan fingerprint density at radius 3 is 2.43 bits per heavy atom.